The number of hydrogen-bond acceptors (Lipinski definition) is 7. The second-order valence-corrected chi connectivity index (χ2v) is 6.67. The molecule has 6 N–H and O–H groups in total. The minimum atomic E-state index is -1.75. The van der Waals surface area contributed by atoms with Crippen molar-refractivity contribution in [3.05, 3.63) is 53.3 Å². The Labute approximate surface area is 167 Å². The smallest absolute Gasteiger partial charge is 0.371 e. The Balaban J connectivity index is 2.36. The number of aliphatic hydroxyl groups excluding tert-OH is 4. The molecule has 0 saturated heterocycles. The molecule has 158 valence electrons. The lowest BCUT2D eigenvalue weighted by Crippen LogP contribution is -2.61. The topological polar surface area (TPSA) is 157 Å². The van der Waals surface area contributed by atoms with Crippen molar-refractivity contribution in [3.63, 3.8) is 0 Å². The summed E-state index contributed by atoms with van der Waals surface area (Å²) in [5.74, 6) is -2.60. The number of hydrogen-bond donors (Lipinski definition) is 6. The van der Waals surface area contributed by atoms with E-state index in [-0.39, 0.29) is 12.0 Å². The largest absolute Gasteiger partial charge is 0.478 e. The van der Waals surface area contributed by atoms with Crippen molar-refractivity contribution in [2.75, 3.05) is 6.61 Å². The van der Waals surface area contributed by atoms with Crippen LogP contribution in [0.1, 0.15) is 18.9 Å². The summed E-state index contributed by atoms with van der Waals surface area (Å²) in [6.07, 6.45) is -2.99. The van der Waals surface area contributed by atoms with Crippen LogP contribution in [0.3, 0.4) is 0 Å². The molecular formula is C20H25NO8. The van der Waals surface area contributed by atoms with Crippen molar-refractivity contribution in [2.45, 2.75) is 43.8 Å². The molecule has 1 aromatic rings. The standard InChI is InChI=1S/C20H25NO8/c1-11(23)21-15-16(25)13(9-5-8-12-6-3-2-4-7-12)18(20(27)28)29-19(15)17(26)14(24)10-22/h2-8,14-17,19,22,24-26H,9-10H2,1H3,(H,21,23)(H,27,28)/b8-5+. The van der Waals surface area contributed by atoms with Crippen LogP contribution >= 0.6 is 0 Å². The third kappa shape index (κ3) is 5.64. The first-order chi connectivity index (χ1) is 13.8. The van der Waals surface area contributed by atoms with Crippen LogP contribution in [0.2, 0.25) is 0 Å². The normalized spacial score (nSPS) is 24.1. The number of rotatable bonds is 8. The van der Waals surface area contributed by atoms with Crippen LogP contribution in [0.15, 0.2) is 47.7 Å². The van der Waals surface area contributed by atoms with Crippen LogP contribution in [-0.4, -0.2) is 74.5 Å². The van der Waals surface area contributed by atoms with Crippen molar-refractivity contribution >= 4 is 18.0 Å². The molecule has 0 fully saturated rings. The van der Waals surface area contributed by atoms with Gasteiger partial charge in [-0.1, -0.05) is 42.5 Å². The summed E-state index contributed by atoms with van der Waals surface area (Å²) in [7, 11) is 0. The van der Waals surface area contributed by atoms with Gasteiger partial charge in [-0.15, -0.1) is 0 Å². The fourth-order valence-electron chi connectivity index (χ4n) is 3.11. The third-order valence-corrected chi connectivity index (χ3v) is 4.53. The number of aliphatic carboxylic acids is 1. The number of allylic oxidation sites excluding steroid dienone is 1. The maximum atomic E-state index is 11.7. The number of nitrogens with one attached hydrogen (secondary N) is 1. The number of benzene rings is 1. The molecule has 1 heterocycles. The van der Waals surface area contributed by atoms with Crippen LogP contribution in [0.5, 0.6) is 0 Å². The average Bonchev–Trinajstić information content (AvgIpc) is 2.69. The number of aliphatic hydroxyl groups is 4. The van der Waals surface area contributed by atoms with Crippen LogP contribution in [0.4, 0.5) is 0 Å². The Morgan fingerprint density at radius 1 is 1.24 bits per heavy atom. The Bertz CT molecular complexity index is 776. The molecular weight excluding hydrogens is 382 g/mol. The van der Waals surface area contributed by atoms with E-state index in [1.807, 2.05) is 30.3 Å². The first-order valence-electron chi connectivity index (χ1n) is 9.03. The van der Waals surface area contributed by atoms with Gasteiger partial charge in [0.2, 0.25) is 11.7 Å². The predicted octanol–water partition coefficient (Wildman–Crippen LogP) is -0.593. The zero-order valence-electron chi connectivity index (χ0n) is 15.8. The summed E-state index contributed by atoms with van der Waals surface area (Å²) in [6, 6.07) is 7.99. The molecule has 29 heavy (non-hydrogen) atoms. The van der Waals surface area contributed by atoms with E-state index < -0.39 is 54.7 Å². The fraction of sp³-hybridized carbons (Fsp3) is 0.400. The van der Waals surface area contributed by atoms with Crippen molar-refractivity contribution in [1.82, 2.24) is 5.32 Å². The Hall–Kier alpha value is -2.72. The molecule has 1 aliphatic heterocycles. The summed E-state index contributed by atoms with van der Waals surface area (Å²) in [6.45, 7) is 0.368. The van der Waals surface area contributed by atoms with Gasteiger partial charge in [0.05, 0.1) is 12.6 Å². The zero-order valence-corrected chi connectivity index (χ0v) is 15.8. The van der Waals surface area contributed by atoms with Gasteiger partial charge in [-0.05, 0) is 12.0 Å². The molecule has 9 nitrogen and oxygen atoms in total. The van der Waals surface area contributed by atoms with E-state index in [4.69, 9.17) is 9.84 Å². The lowest BCUT2D eigenvalue weighted by molar-refractivity contribution is -0.150. The second kappa shape index (κ2) is 10.2. The van der Waals surface area contributed by atoms with Gasteiger partial charge < -0.3 is 35.6 Å². The van der Waals surface area contributed by atoms with Gasteiger partial charge in [0.15, 0.2) is 6.10 Å². The average molecular weight is 407 g/mol. The fourth-order valence-corrected chi connectivity index (χ4v) is 3.11. The zero-order chi connectivity index (χ0) is 21.6. The first kappa shape index (κ1) is 22.6. The molecule has 1 aromatic carbocycles. The Kier molecular flexibility index (Phi) is 7.91. The molecule has 0 spiro atoms. The molecule has 0 saturated carbocycles. The van der Waals surface area contributed by atoms with Gasteiger partial charge in [0.1, 0.15) is 18.3 Å². The van der Waals surface area contributed by atoms with E-state index >= 15 is 0 Å². The minimum Gasteiger partial charge on any atom is -0.478 e. The van der Waals surface area contributed by atoms with Crippen molar-refractivity contribution < 1.29 is 39.9 Å². The van der Waals surface area contributed by atoms with Crippen molar-refractivity contribution in [2.24, 2.45) is 0 Å². The van der Waals surface area contributed by atoms with Crippen LogP contribution in [0, 0.1) is 0 Å². The predicted molar refractivity (Wildman–Crippen MR) is 102 cm³/mol. The molecule has 2 rings (SSSR count). The van der Waals surface area contributed by atoms with Crippen LogP contribution in [-0.2, 0) is 14.3 Å². The van der Waals surface area contributed by atoms with Gasteiger partial charge in [0, 0.05) is 12.5 Å². The molecule has 5 atom stereocenters. The number of carbonyl (C=O) groups is 2. The van der Waals surface area contributed by atoms with Crippen LogP contribution < -0.4 is 5.32 Å². The van der Waals surface area contributed by atoms with Gasteiger partial charge in [-0.3, -0.25) is 4.79 Å². The molecule has 5 unspecified atom stereocenters. The molecule has 0 aromatic heterocycles. The van der Waals surface area contributed by atoms with Crippen molar-refractivity contribution in [3.8, 4) is 0 Å². The Morgan fingerprint density at radius 3 is 2.45 bits per heavy atom. The SMILES string of the molecule is CC(=O)NC1C(O)C(C/C=C/c2ccccc2)=C(C(=O)O)OC1C(O)C(O)CO. The van der Waals surface area contributed by atoms with Crippen molar-refractivity contribution in [1.29, 1.82) is 0 Å². The summed E-state index contributed by atoms with van der Waals surface area (Å²) in [5, 5.41) is 51.7. The number of amides is 1. The van der Waals surface area contributed by atoms with Gasteiger partial charge in [-0.25, -0.2) is 4.79 Å². The van der Waals surface area contributed by atoms with E-state index in [9.17, 15) is 30.0 Å². The van der Waals surface area contributed by atoms with E-state index in [2.05, 4.69) is 5.32 Å². The lowest BCUT2D eigenvalue weighted by atomic mass is 9.87. The summed E-state index contributed by atoms with van der Waals surface area (Å²) in [4.78, 5) is 23.2. The minimum absolute atomic E-state index is 0.00497. The number of carboxylic acid groups (broad SMARTS) is 1. The maximum absolute atomic E-state index is 11.7. The van der Waals surface area contributed by atoms with Crippen LogP contribution in [0.25, 0.3) is 6.08 Å². The van der Waals surface area contributed by atoms with E-state index in [1.165, 1.54) is 6.92 Å². The van der Waals surface area contributed by atoms with Gasteiger partial charge >= 0.3 is 5.97 Å². The monoisotopic (exact) mass is 407 g/mol. The summed E-state index contributed by atoms with van der Waals surface area (Å²) < 4.78 is 5.38. The highest BCUT2D eigenvalue weighted by atomic mass is 16.5. The highest BCUT2D eigenvalue weighted by Gasteiger charge is 2.46. The highest BCUT2D eigenvalue weighted by Crippen LogP contribution is 2.30. The molecule has 9 heteroatoms. The molecule has 0 radical (unpaired) electrons. The van der Waals surface area contributed by atoms with E-state index in [1.54, 1.807) is 12.2 Å². The molecule has 1 aliphatic rings. The molecule has 0 aliphatic carbocycles. The van der Waals surface area contributed by atoms with Gasteiger partial charge in [-0.2, -0.15) is 0 Å². The number of carboxylic acids is 1. The maximum Gasteiger partial charge on any atom is 0.371 e. The summed E-state index contributed by atoms with van der Waals surface area (Å²) >= 11 is 0. The number of carbonyl (C=O) groups excluding carboxylic acids is 1. The first-order valence-corrected chi connectivity index (χ1v) is 9.03. The Morgan fingerprint density at radius 2 is 1.90 bits per heavy atom. The lowest BCUT2D eigenvalue weighted by Gasteiger charge is -2.40. The summed E-state index contributed by atoms with van der Waals surface area (Å²) in [5.41, 5.74) is 0.874. The number of ether oxygens (including phenoxy) is 1. The molecule has 0 bridgehead atoms. The van der Waals surface area contributed by atoms with Gasteiger partial charge in [0.25, 0.3) is 0 Å². The molecule has 1 amide bonds. The van der Waals surface area contributed by atoms with E-state index in [0.29, 0.717) is 0 Å². The third-order valence-electron chi connectivity index (χ3n) is 4.53. The second-order valence-electron chi connectivity index (χ2n) is 6.67. The quantitative estimate of drug-likeness (QED) is 0.334. The highest BCUT2D eigenvalue weighted by molar-refractivity contribution is 5.86. The van der Waals surface area contributed by atoms with E-state index in [0.717, 1.165) is 5.56 Å².